The van der Waals surface area contributed by atoms with Crippen LogP contribution < -0.4 is 0 Å². The zero-order valence-corrected chi connectivity index (χ0v) is 9.03. The van der Waals surface area contributed by atoms with E-state index in [2.05, 4.69) is 0 Å². The molecule has 1 heterocycles. The summed E-state index contributed by atoms with van der Waals surface area (Å²) in [6, 6.07) is 8.60. The fourth-order valence-electron chi connectivity index (χ4n) is 1.29. The van der Waals surface area contributed by atoms with Crippen LogP contribution in [0.2, 0.25) is 0 Å². The van der Waals surface area contributed by atoms with E-state index < -0.39 is 12.5 Å². The Morgan fingerprint density at radius 2 is 1.71 bits per heavy atom. The molecule has 76 valence electrons. The molecule has 0 radical (unpaired) electrons. The highest BCUT2D eigenvalue weighted by atomic mass is 127. The van der Waals surface area contributed by atoms with E-state index in [9.17, 15) is 13.2 Å². The molecule has 1 aromatic carbocycles. The fraction of sp³-hybridized carbons (Fsp3) is 0.250. The van der Waals surface area contributed by atoms with E-state index in [1.807, 2.05) is 0 Å². The van der Waals surface area contributed by atoms with Crippen molar-refractivity contribution in [2.24, 2.45) is 0 Å². The molecule has 3 unspecified atom stereocenters. The van der Waals surface area contributed by atoms with E-state index in [1.54, 1.807) is 53.2 Å². The standard InChI is InChI=1S/C8H6F3IN2/c9-8(10,11)13-7(14(13)12)6-4-2-1-3-5-6/h1-5,7H. The first-order valence-electron chi connectivity index (χ1n) is 3.88. The molecule has 1 fully saturated rings. The van der Waals surface area contributed by atoms with Crippen LogP contribution in [0, 0.1) is 0 Å². The Kier molecular flexibility index (Phi) is 2.44. The van der Waals surface area contributed by atoms with Gasteiger partial charge in [-0.05, 0) is 5.56 Å². The summed E-state index contributed by atoms with van der Waals surface area (Å²) in [4.78, 5) is 0. The summed E-state index contributed by atoms with van der Waals surface area (Å²) < 4.78 is 38.1. The Hall–Kier alpha value is -0.340. The SMILES string of the molecule is FC(F)(F)N1C(c2ccccc2)N1I. The van der Waals surface area contributed by atoms with Crippen LogP contribution in [0.4, 0.5) is 13.2 Å². The first kappa shape index (κ1) is 10.2. The van der Waals surface area contributed by atoms with Crippen molar-refractivity contribution in [2.45, 2.75) is 12.5 Å². The maximum absolute atomic E-state index is 12.3. The van der Waals surface area contributed by atoms with Gasteiger partial charge in [-0.3, -0.25) is 0 Å². The fourth-order valence-corrected chi connectivity index (χ4v) is 2.21. The topological polar surface area (TPSA) is 6.02 Å². The number of hydrazine groups is 1. The van der Waals surface area contributed by atoms with Gasteiger partial charge in [0, 0.05) is 22.9 Å². The maximum atomic E-state index is 12.3. The third-order valence-corrected chi connectivity index (χ3v) is 2.93. The van der Waals surface area contributed by atoms with Gasteiger partial charge in [0.15, 0.2) is 0 Å². The zero-order chi connectivity index (χ0) is 10.3. The largest absolute Gasteiger partial charge is 0.475 e. The molecule has 3 atom stereocenters. The van der Waals surface area contributed by atoms with Gasteiger partial charge in [-0.15, -0.1) is 8.23 Å². The van der Waals surface area contributed by atoms with E-state index in [0.717, 1.165) is 3.22 Å². The lowest BCUT2D eigenvalue weighted by molar-refractivity contribution is -0.220. The second-order valence-corrected chi connectivity index (χ2v) is 3.87. The highest BCUT2D eigenvalue weighted by Crippen LogP contribution is 2.51. The molecule has 0 saturated carbocycles. The summed E-state index contributed by atoms with van der Waals surface area (Å²) in [5.41, 5.74) is 0.652. The van der Waals surface area contributed by atoms with E-state index in [1.165, 1.54) is 0 Å². The van der Waals surface area contributed by atoms with E-state index in [-0.39, 0.29) is 0 Å². The van der Waals surface area contributed by atoms with Crippen LogP contribution >= 0.6 is 22.9 Å². The van der Waals surface area contributed by atoms with E-state index >= 15 is 0 Å². The van der Waals surface area contributed by atoms with Gasteiger partial charge in [0.1, 0.15) is 6.17 Å². The molecule has 14 heavy (non-hydrogen) atoms. The minimum Gasteiger partial charge on any atom is -0.154 e. The lowest BCUT2D eigenvalue weighted by atomic mass is 10.2. The molecule has 0 bridgehead atoms. The zero-order valence-electron chi connectivity index (χ0n) is 6.87. The first-order chi connectivity index (χ1) is 6.52. The number of benzene rings is 1. The van der Waals surface area contributed by atoms with Crippen LogP contribution in [0.3, 0.4) is 0 Å². The molecule has 2 rings (SSSR count). The summed E-state index contributed by atoms with van der Waals surface area (Å²) in [5.74, 6) is 0. The maximum Gasteiger partial charge on any atom is 0.475 e. The van der Waals surface area contributed by atoms with Crippen molar-refractivity contribution in [2.75, 3.05) is 0 Å². The van der Waals surface area contributed by atoms with Gasteiger partial charge < -0.3 is 0 Å². The molecule has 1 aromatic rings. The van der Waals surface area contributed by atoms with Crippen LogP contribution in [-0.2, 0) is 0 Å². The van der Waals surface area contributed by atoms with Crippen molar-refractivity contribution in [1.82, 2.24) is 8.23 Å². The van der Waals surface area contributed by atoms with Crippen LogP contribution in [0.5, 0.6) is 0 Å². The molecule has 6 heteroatoms. The van der Waals surface area contributed by atoms with Gasteiger partial charge >= 0.3 is 6.30 Å². The summed E-state index contributed by atoms with van der Waals surface area (Å²) in [5, 5.41) is 0.378. The Morgan fingerprint density at radius 3 is 2.14 bits per heavy atom. The Balaban J connectivity index is 2.18. The van der Waals surface area contributed by atoms with Crippen molar-refractivity contribution < 1.29 is 13.2 Å². The molecule has 0 N–H and O–H groups in total. The smallest absolute Gasteiger partial charge is 0.154 e. The van der Waals surface area contributed by atoms with Gasteiger partial charge in [0.05, 0.1) is 0 Å². The monoisotopic (exact) mass is 314 g/mol. The quantitative estimate of drug-likeness (QED) is 0.340. The molecule has 0 aromatic heterocycles. The molecule has 1 aliphatic heterocycles. The van der Waals surface area contributed by atoms with Gasteiger partial charge in [0.2, 0.25) is 0 Å². The third kappa shape index (κ3) is 1.73. The summed E-state index contributed by atoms with van der Waals surface area (Å²) >= 11 is 1.65. The van der Waals surface area contributed by atoms with E-state index in [4.69, 9.17) is 0 Å². The number of nitrogens with zero attached hydrogens (tertiary/aromatic N) is 2. The Labute approximate surface area is 92.8 Å². The molecule has 1 saturated heterocycles. The van der Waals surface area contributed by atoms with Gasteiger partial charge in [-0.2, -0.15) is 13.2 Å². The predicted octanol–water partition coefficient (Wildman–Crippen LogP) is 3.09. The van der Waals surface area contributed by atoms with E-state index in [0.29, 0.717) is 10.6 Å². The van der Waals surface area contributed by atoms with Crippen molar-refractivity contribution in [1.29, 1.82) is 0 Å². The summed E-state index contributed by atoms with van der Waals surface area (Å²) in [6.45, 7) is 0. The first-order valence-corrected chi connectivity index (χ1v) is 4.84. The summed E-state index contributed by atoms with van der Waals surface area (Å²) in [7, 11) is 0. The number of alkyl halides is 3. The second-order valence-electron chi connectivity index (χ2n) is 2.89. The van der Waals surface area contributed by atoms with Crippen molar-refractivity contribution >= 4 is 22.9 Å². The highest BCUT2D eigenvalue weighted by Gasteiger charge is 2.60. The molecule has 0 amide bonds. The number of halogens is 4. The Morgan fingerprint density at radius 1 is 1.14 bits per heavy atom. The molecular weight excluding hydrogens is 308 g/mol. The molecule has 0 aliphatic carbocycles. The number of hydrogen-bond acceptors (Lipinski definition) is 2. The summed E-state index contributed by atoms with van der Waals surface area (Å²) in [6.07, 6.45) is -4.96. The Bertz CT molecular complexity index is 327. The number of hydrogen-bond donors (Lipinski definition) is 0. The normalized spacial score (nSPS) is 31.6. The van der Waals surface area contributed by atoms with Gasteiger partial charge in [0.25, 0.3) is 0 Å². The predicted molar refractivity (Wildman–Crippen MR) is 52.9 cm³/mol. The average molecular weight is 314 g/mol. The van der Waals surface area contributed by atoms with Crippen LogP contribution in [0.1, 0.15) is 11.7 Å². The van der Waals surface area contributed by atoms with Gasteiger partial charge in [-0.1, -0.05) is 30.3 Å². The minimum absolute atomic E-state index is 0.378. The molecule has 0 spiro atoms. The lowest BCUT2D eigenvalue weighted by Crippen LogP contribution is -2.22. The van der Waals surface area contributed by atoms with Gasteiger partial charge in [-0.25, -0.2) is 0 Å². The van der Waals surface area contributed by atoms with Crippen molar-refractivity contribution in [3.8, 4) is 0 Å². The van der Waals surface area contributed by atoms with Crippen LogP contribution in [0.15, 0.2) is 30.3 Å². The average Bonchev–Trinajstić information content (AvgIpc) is 2.78. The van der Waals surface area contributed by atoms with Crippen molar-refractivity contribution in [3.63, 3.8) is 0 Å². The van der Waals surface area contributed by atoms with Crippen LogP contribution in [0.25, 0.3) is 0 Å². The highest BCUT2D eigenvalue weighted by molar-refractivity contribution is 14.1. The minimum atomic E-state index is -4.29. The third-order valence-electron chi connectivity index (χ3n) is 1.94. The number of rotatable bonds is 1. The molecular formula is C8H6F3IN2. The second kappa shape index (κ2) is 3.35. The van der Waals surface area contributed by atoms with Crippen molar-refractivity contribution in [3.05, 3.63) is 35.9 Å². The lowest BCUT2D eigenvalue weighted by Gasteiger charge is -2.04. The van der Waals surface area contributed by atoms with Crippen LogP contribution in [-0.4, -0.2) is 14.5 Å². The molecule has 1 aliphatic rings. The molecule has 2 nitrogen and oxygen atoms in total.